The molecule has 0 saturated carbocycles. The van der Waals surface area contributed by atoms with Gasteiger partial charge in [-0.05, 0) is 35.7 Å². The van der Waals surface area contributed by atoms with Crippen molar-refractivity contribution in [3.05, 3.63) is 64.0 Å². The summed E-state index contributed by atoms with van der Waals surface area (Å²) in [6.45, 7) is 2.45. The fourth-order valence-electron chi connectivity index (χ4n) is 2.23. The molecule has 0 unspecified atom stereocenters. The van der Waals surface area contributed by atoms with Gasteiger partial charge in [-0.25, -0.2) is 4.68 Å². The molecule has 0 amide bonds. The van der Waals surface area contributed by atoms with Crippen LogP contribution < -0.4 is 0 Å². The largest absolute Gasteiger partial charge is 0.240 e. The fourth-order valence-corrected chi connectivity index (χ4v) is 2.23. The molecule has 0 aliphatic heterocycles. The molecule has 6 heteroatoms. The van der Waals surface area contributed by atoms with E-state index in [9.17, 15) is 0 Å². The van der Waals surface area contributed by atoms with Crippen molar-refractivity contribution in [1.82, 2.24) is 15.0 Å². The first kappa shape index (κ1) is 12.2. The van der Waals surface area contributed by atoms with Crippen molar-refractivity contribution in [2.24, 2.45) is 5.11 Å². The SMILES string of the molecule is Cc1cccc(Cn2nnc3ccccc32)c1N=[N+]=[N-]. The van der Waals surface area contributed by atoms with Gasteiger partial charge in [0.2, 0.25) is 0 Å². The highest BCUT2D eigenvalue weighted by Crippen LogP contribution is 2.25. The zero-order chi connectivity index (χ0) is 13.9. The number of hydrogen-bond acceptors (Lipinski definition) is 3. The first-order valence-electron chi connectivity index (χ1n) is 6.21. The molecule has 0 saturated heterocycles. The van der Waals surface area contributed by atoms with E-state index in [4.69, 9.17) is 5.53 Å². The second-order valence-corrected chi connectivity index (χ2v) is 4.51. The first-order chi connectivity index (χ1) is 9.79. The summed E-state index contributed by atoms with van der Waals surface area (Å²) < 4.78 is 1.81. The second-order valence-electron chi connectivity index (χ2n) is 4.51. The van der Waals surface area contributed by atoms with Crippen molar-refractivity contribution in [3.8, 4) is 0 Å². The minimum Gasteiger partial charge on any atom is -0.240 e. The Morgan fingerprint density at radius 2 is 2.05 bits per heavy atom. The van der Waals surface area contributed by atoms with Gasteiger partial charge in [-0.15, -0.1) is 5.10 Å². The number of azide groups is 1. The predicted molar refractivity (Wildman–Crippen MR) is 76.6 cm³/mol. The Bertz CT molecular complexity index is 813. The van der Waals surface area contributed by atoms with Gasteiger partial charge in [0.05, 0.1) is 12.1 Å². The smallest absolute Gasteiger partial charge is 0.113 e. The Morgan fingerprint density at radius 1 is 1.20 bits per heavy atom. The molecule has 3 rings (SSSR count). The van der Waals surface area contributed by atoms with E-state index in [2.05, 4.69) is 20.3 Å². The lowest BCUT2D eigenvalue weighted by molar-refractivity contribution is 0.670. The summed E-state index contributed by atoms with van der Waals surface area (Å²) in [6, 6.07) is 13.6. The molecule has 2 aromatic carbocycles. The van der Waals surface area contributed by atoms with Crippen LogP contribution in [0.1, 0.15) is 11.1 Å². The number of fused-ring (bicyclic) bond motifs is 1. The number of benzene rings is 2. The van der Waals surface area contributed by atoms with Crippen LogP contribution in [0, 0.1) is 6.92 Å². The van der Waals surface area contributed by atoms with E-state index < -0.39 is 0 Å². The van der Waals surface area contributed by atoms with Gasteiger partial charge in [0.1, 0.15) is 5.52 Å². The van der Waals surface area contributed by atoms with Crippen LogP contribution in [-0.4, -0.2) is 15.0 Å². The predicted octanol–water partition coefficient (Wildman–Crippen LogP) is 3.73. The minimum atomic E-state index is 0.524. The van der Waals surface area contributed by atoms with Gasteiger partial charge < -0.3 is 0 Å². The molecule has 98 valence electrons. The topological polar surface area (TPSA) is 79.5 Å². The molecule has 0 N–H and O–H groups in total. The number of aromatic nitrogens is 3. The molecule has 0 atom stereocenters. The summed E-state index contributed by atoms with van der Waals surface area (Å²) in [6.07, 6.45) is 0. The molecule has 1 aromatic heterocycles. The van der Waals surface area contributed by atoms with Crippen LogP contribution in [0.15, 0.2) is 47.6 Å². The lowest BCUT2D eigenvalue weighted by Crippen LogP contribution is -2.02. The average Bonchev–Trinajstić information content (AvgIpc) is 2.86. The number of nitrogens with zero attached hydrogens (tertiary/aromatic N) is 6. The molecule has 0 aliphatic carbocycles. The number of para-hydroxylation sites is 1. The van der Waals surface area contributed by atoms with Gasteiger partial charge in [0.15, 0.2) is 0 Å². The van der Waals surface area contributed by atoms with E-state index in [1.54, 1.807) is 4.68 Å². The first-order valence-corrected chi connectivity index (χ1v) is 6.21. The normalized spacial score (nSPS) is 10.4. The molecule has 0 spiro atoms. The van der Waals surface area contributed by atoms with Crippen LogP contribution in [0.4, 0.5) is 5.69 Å². The third-order valence-electron chi connectivity index (χ3n) is 3.21. The summed E-state index contributed by atoms with van der Waals surface area (Å²) in [5.74, 6) is 0. The van der Waals surface area contributed by atoms with Crippen molar-refractivity contribution in [1.29, 1.82) is 0 Å². The molecular formula is C14H12N6. The van der Waals surface area contributed by atoms with Gasteiger partial charge in [-0.2, -0.15) is 0 Å². The zero-order valence-electron chi connectivity index (χ0n) is 10.9. The molecule has 0 fully saturated rings. The molecular weight excluding hydrogens is 252 g/mol. The van der Waals surface area contributed by atoms with Crippen LogP contribution in [0.25, 0.3) is 21.5 Å². The zero-order valence-corrected chi connectivity index (χ0v) is 10.9. The summed E-state index contributed by atoms with van der Waals surface area (Å²) in [5, 5.41) is 12.1. The highest BCUT2D eigenvalue weighted by atomic mass is 15.4. The number of aryl methyl sites for hydroxylation is 1. The molecule has 0 aliphatic rings. The standard InChI is InChI=1S/C14H12N6/c1-10-5-4-6-11(14(10)17-18-15)9-20-13-8-3-2-7-12(13)16-19-20/h2-8H,9H2,1H3. The van der Waals surface area contributed by atoms with Crippen LogP contribution in [0.5, 0.6) is 0 Å². The molecule has 1 heterocycles. The van der Waals surface area contributed by atoms with Gasteiger partial charge in [-0.3, -0.25) is 0 Å². The van der Waals surface area contributed by atoms with E-state index in [1.807, 2.05) is 49.4 Å². The molecule has 6 nitrogen and oxygen atoms in total. The molecule has 0 radical (unpaired) electrons. The monoisotopic (exact) mass is 264 g/mol. The Morgan fingerprint density at radius 3 is 2.90 bits per heavy atom. The maximum atomic E-state index is 8.69. The minimum absolute atomic E-state index is 0.524. The van der Waals surface area contributed by atoms with Crippen molar-refractivity contribution in [2.45, 2.75) is 13.5 Å². The number of hydrogen-bond donors (Lipinski definition) is 0. The molecule has 20 heavy (non-hydrogen) atoms. The average molecular weight is 264 g/mol. The van der Waals surface area contributed by atoms with Gasteiger partial charge >= 0.3 is 0 Å². The van der Waals surface area contributed by atoms with Crippen molar-refractivity contribution >= 4 is 16.7 Å². The summed E-state index contributed by atoms with van der Waals surface area (Å²) >= 11 is 0. The van der Waals surface area contributed by atoms with E-state index >= 15 is 0 Å². The van der Waals surface area contributed by atoms with Crippen molar-refractivity contribution < 1.29 is 0 Å². The highest BCUT2D eigenvalue weighted by molar-refractivity contribution is 5.74. The summed E-state index contributed by atoms with van der Waals surface area (Å²) in [5.41, 5.74) is 13.0. The maximum Gasteiger partial charge on any atom is 0.113 e. The maximum absolute atomic E-state index is 8.69. The third-order valence-corrected chi connectivity index (χ3v) is 3.21. The Hall–Kier alpha value is -2.85. The van der Waals surface area contributed by atoms with Crippen LogP contribution >= 0.6 is 0 Å². The van der Waals surface area contributed by atoms with Gasteiger partial charge in [0.25, 0.3) is 0 Å². The Labute approximate surface area is 115 Å². The summed E-state index contributed by atoms with van der Waals surface area (Å²) in [7, 11) is 0. The van der Waals surface area contributed by atoms with Gasteiger partial charge in [0, 0.05) is 10.6 Å². The third kappa shape index (κ3) is 2.08. The molecule has 3 aromatic rings. The van der Waals surface area contributed by atoms with Gasteiger partial charge in [-0.1, -0.05) is 40.7 Å². The summed E-state index contributed by atoms with van der Waals surface area (Å²) in [4.78, 5) is 2.90. The van der Waals surface area contributed by atoms with Crippen LogP contribution in [0.2, 0.25) is 0 Å². The van der Waals surface area contributed by atoms with E-state index in [-0.39, 0.29) is 0 Å². The van der Waals surface area contributed by atoms with Crippen LogP contribution in [0.3, 0.4) is 0 Å². The highest BCUT2D eigenvalue weighted by Gasteiger charge is 2.08. The quantitative estimate of drug-likeness (QED) is 0.410. The van der Waals surface area contributed by atoms with E-state index in [0.29, 0.717) is 12.2 Å². The fraction of sp³-hybridized carbons (Fsp3) is 0.143. The van der Waals surface area contributed by atoms with Crippen molar-refractivity contribution in [2.75, 3.05) is 0 Å². The Kier molecular flexibility index (Phi) is 3.07. The Balaban J connectivity index is 2.07. The lowest BCUT2D eigenvalue weighted by atomic mass is 10.1. The second kappa shape index (κ2) is 5.03. The van der Waals surface area contributed by atoms with E-state index in [0.717, 1.165) is 22.2 Å². The van der Waals surface area contributed by atoms with Crippen LogP contribution in [-0.2, 0) is 6.54 Å². The molecule has 0 bridgehead atoms. The lowest BCUT2D eigenvalue weighted by Gasteiger charge is -2.08. The van der Waals surface area contributed by atoms with Crippen molar-refractivity contribution in [3.63, 3.8) is 0 Å². The van der Waals surface area contributed by atoms with E-state index in [1.165, 1.54) is 0 Å². The number of rotatable bonds is 3.